The highest BCUT2D eigenvalue weighted by atomic mass is 19.1. The zero-order valence-electron chi connectivity index (χ0n) is 10.2. The standard InChI is InChI=1S/C13H10F2N2O3/c14-9-6-8-10(5-7(9)1-2-12(18)19)17(16-13(8)15)11-3-4-20-11/h1-2,5-6,11H,3-4H2,(H,18,19)/b2-1+. The van der Waals surface area contributed by atoms with Crippen LogP contribution in [0, 0.1) is 11.8 Å². The minimum absolute atomic E-state index is 0.0467. The van der Waals surface area contributed by atoms with E-state index < -0.39 is 17.7 Å². The van der Waals surface area contributed by atoms with Crippen molar-refractivity contribution in [3.63, 3.8) is 0 Å². The summed E-state index contributed by atoms with van der Waals surface area (Å²) in [7, 11) is 0. The number of carboxylic acid groups (broad SMARTS) is 1. The van der Waals surface area contributed by atoms with Gasteiger partial charge in [0.2, 0.25) is 5.95 Å². The van der Waals surface area contributed by atoms with Gasteiger partial charge in [0.1, 0.15) is 5.82 Å². The second kappa shape index (κ2) is 4.68. The molecule has 0 bridgehead atoms. The van der Waals surface area contributed by atoms with Crippen molar-refractivity contribution in [2.45, 2.75) is 12.6 Å². The summed E-state index contributed by atoms with van der Waals surface area (Å²) in [4.78, 5) is 10.5. The Hall–Kier alpha value is -2.28. The summed E-state index contributed by atoms with van der Waals surface area (Å²) in [5.41, 5.74) is 0.430. The SMILES string of the molecule is O=C(O)/C=C/c1cc2c(cc1F)c(F)nn2C1CCO1. The smallest absolute Gasteiger partial charge is 0.328 e. The van der Waals surface area contributed by atoms with Gasteiger partial charge >= 0.3 is 5.97 Å². The molecular weight excluding hydrogens is 270 g/mol. The zero-order valence-corrected chi connectivity index (χ0v) is 10.2. The van der Waals surface area contributed by atoms with Crippen LogP contribution in [0.5, 0.6) is 0 Å². The van der Waals surface area contributed by atoms with Crippen molar-refractivity contribution in [3.05, 3.63) is 35.5 Å². The number of aliphatic carboxylic acids is 1. The highest BCUT2D eigenvalue weighted by Gasteiger charge is 2.25. The first-order valence-corrected chi connectivity index (χ1v) is 5.96. The average molecular weight is 280 g/mol. The van der Waals surface area contributed by atoms with Gasteiger partial charge in [-0.3, -0.25) is 0 Å². The largest absolute Gasteiger partial charge is 0.478 e. The fourth-order valence-electron chi connectivity index (χ4n) is 2.06. The molecule has 1 aromatic carbocycles. The molecule has 5 nitrogen and oxygen atoms in total. The van der Waals surface area contributed by atoms with Crippen molar-refractivity contribution in [3.8, 4) is 0 Å². The van der Waals surface area contributed by atoms with Gasteiger partial charge in [0, 0.05) is 18.1 Å². The van der Waals surface area contributed by atoms with Crippen molar-refractivity contribution in [2.75, 3.05) is 6.61 Å². The summed E-state index contributed by atoms with van der Waals surface area (Å²) in [5.74, 6) is -2.67. The Kier molecular flexibility index (Phi) is 2.98. The monoisotopic (exact) mass is 280 g/mol. The summed E-state index contributed by atoms with van der Waals surface area (Å²) in [6.07, 6.45) is 2.28. The number of ether oxygens (including phenoxy) is 1. The lowest BCUT2D eigenvalue weighted by Crippen LogP contribution is -2.25. The summed E-state index contributed by atoms with van der Waals surface area (Å²) in [6, 6.07) is 2.37. The number of fused-ring (bicyclic) bond motifs is 1. The Balaban J connectivity index is 2.14. The Labute approximate surface area is 112 Å². The van der Waals surface area contributed by atoms with E-state index in [0.29, 0.717) is 18.5 Å². The number of aromatic nitrogens is 2. The molecule has 1 unspecified atom stereocenters. The lowest BCUT2D eigenvalue weighted by molar-refractivity contribution is -0.131. The molecule has 20 heavy (non-hydrogen) atoms. The van der Waals surface area contributed by atoms with E-state index in [-0.39, 0.29) is 17.2 Å². The van der Waals surface area contributed by atoms with E-state index >= 15 is 0 Å². The minimum Gasteiger partial charge on any atom is -0.478 e. The molecule has 1 aliphatic rings. The van der Waals surface area contributed by atoms with Crippen molar-refractivity contribution in [1.82, 2.24) is 9.78 Å². The Morgan fingerprint density at radius 2 is 2.25 bits per heavy atom. The molecule has 2 heterocycles. The van der Waals surface area contributed by atoms with Gasteiger partial charge in [-0.25, -0.2) is 13.9 Å². The average Bonchev–Trinajstić information content (AvgIpc) is 2.61. The van der Waals surface area contributed by atoms with E-state index in [4.69, 9.17) is 9.84 Å². The molecule has 1 fully saturated rings. The predicted molar refractivity (Wildman–Crippen MR) is 65.9 cm³/mol. The quantitative estimate of drug-likeness (QED) is 0.876. The molecule has 0 radical (unpaired) electrons. The fourth-order valence-corrected chi connectivity index (χ4v) is 2.06. The third kappa shape index (κ3) is 2.05. The first kappa shape index (κ1) is 12.7. The second-order valence-electron chi connectivity index (χ2n) is 4.41. The van der Waals surface area contributed by atoms with E-state index in [1.165, 1.54) is 10.7 Å². The maximum absolute atomic E-state index is 13.8. The predicted octanol–water partition coefficient (Wildman–Crippen LogP) is 2.33. The number of rotatable bonds is 3. The van der Waals surface area contributed by atoms with E-state index in [2.05, 4.69) is 5.10 Å². The number of nitrogens with zero attached hydrogens (tertiary/aromatic N) is 2. The first-order chi connectivity index (χ1) is 9.56. The lowest BCUT2D eigenvalue weighted by Gasteiger charge is -2.27. The van der Waals surface area contributed by atoms with Crippen LogP contribution in [0.1, 0.15) is 18.2 Å². The zero-order chi connectivity index (χ0) is 14.3. The van der Waals surface area contributed by atoms with Crippen molar-refractivity contribution in [1.29, 1.82) is 0 Å². The minimum atomic E-state index is -1.19. The van der Waals surface area contributed by atoms with E-state index in [0.717, 1.165) is 18.2 Å². The van der Waals surface area contributed by atoms with Gasteiger partial charge < -0.3 is 9.84 Å². The molecule has 0 aliphatic carbocycles. The molecule has 3 rings (SSSR count). The third-order valence-corrected chi connectivity index (χ3v) is 3.13. The van der Waals surface area contributed by atoms with Crippen LogP contribution in [0.25, 0.3) is 17.0 Å². The first-order valence-electron chi connectivity index (χ1n) is 5.96. The van der Waals surface area contributed by atoms with Crippen LogP contribution in [0.15, 0.2) is 18.2 Å². The van der Waals surface area contributed by atoms with Crippen LogP contribution in [-0.2, 0) is 9.53 Å². The molecule has 1 aliphatic heterocycles. The number of hydrogen-bond donors (Lipinski definition) is 1. The number of carbonyl (C=O) groups is 1. The van der Waals surface area contributed by atoms with Crippen LogP contribution in [0.3, 0.4) is 0 Å². The molecule has 1 aromatic heterocycles. The lowest BCUT2D eigenvalue weighted by atomic mass is 10.1. The third-order valence-electron chi connectivity index (χ3n) is 3.13. The van der Waals surface area contributed by atoms with Crippen LogP contribution in [0.2, 0.25) is 0 Å². The highest BCUT2D eigenvalue weighted by Crippen LogP contribution is 2.30. The van der Waals surface area contributed by atoms with Crippen molar-refractivity contribution >= 4 is 22.9 Å². The van der Waals surface area contributed by atoms with Gasteiger partial charge in [0.25, 0.3) is 0 Å². The van der Waals surface area contributed by atoms with Crippen LogP contribution in [0.4, 0.5) is 8.78 Å². The van der Waals surface area contributed by atoms with Gasteiger partial charge in [-0.1, -0.05) is 0 Å². The molecule has 1 N–H and O–H groups in total. The summed E-state index contributed by atoms with van der Waals surface area (Å²) >= 11 is 0. The van der Waals surface area contributed by atoms with Gasteiger partial charge in [0.05, 0.1) is 17.5 Å². The highest BCUT2D eigenvalue weighted by molar-refractivity contribution is 5.87. The van der Waals surface area contributed by atoms with Gasteiger partial charge in [0.15, 0.2) is 6.23 Å². The molecule has 1 atom stereocenters. The van der Waals surface area contributed by atoms with Gasteiger partial charge in [-0.05, 0) is 18.2 Å². The number of hydrogen-bond acceptors (Lipinski definition) is 3. The summed E-state index contributed by atoms with van der Waals surface area (Å²) in [6.45, 7) is 0.570. The Bertz CT molecular complexity index is 720. The summed E-state index contributed by atoms with van der Waals surface area (Å²) in [5, 5.41) is 12.3. The Morgan fingerprint density at radius 1 is 1.50 bits per heavy atom. The molecular formula is C13H10F2N2O3. The summed E-state index contributed by atoms with van der Waals surface area (Å²) < 4.78 is 34.1. The van der Waals surface area contributed by atoms with Crippen LogP contribution < -0.4 is 0 Å². The van der Waals surface area contributed by atoms with Crippen molar-refractivity contribution < 1.29 is 23.4 Å². The topological polar surface area (TPSA) is 64.3 Å². The van der Waals surface area contributed by atoms with Crippen molar-refractivity contribution in [2.24, 2.45) is 0 Å². The van der Waals surface area contributed by atoms with Gasteiger partial charge in [-0.15, -0.1) is 5.10 Å². The molecule has 104 valence electrons. The van der Waals surface area contributed by atoms with E-state index in [1.54, 1.807) is 0 Å². The normalized spacial score (nSPS) is 18.6. The molecule has 2 aromatic rings. The molecule has 1 saturated heterocycles. The molecule has 7 heteroatoms. The number of halogens is 2. The Morgan fingerprint density at radius 3 is 2.85 bits per heavy atom. The molecule has 0 spiro atoms. The second-order valence-corrected chi connectivity index (χ2v) is 4.41. The maximum atomic E-state index is 13.8. The van der Waals surface area contributed by atoms with Crippen LogP contribution >= 0.6 is 0 Å². The van der Waals surface area contributed by atoms with E-state index in [1.807, 2.05) is 0 Å². The number of benzene rings is 1. The molecule has 0 saturated carbocycles. The fraction of sp³-hybridized carbons (Fsp3) is 0.231. The van der Waals surface area contributed by atoms with E-state index in [9.17, 15) is 13.6 Å². The molecule has 0 amide bonds. The maximum Gasteiger partial charge on any atom is 0.328 e. The van der Waals surface area contributed by atoms with Gasteiger partial charge in [-0.2, -0.15) is 4.39 Å². The van der Waals surface area contributed by atoms with Crippen LogP contribution in [-0.4, -0.2) is 27.5 Å². The number of carboxylic acids is 1.